The summed E-state index contributed by atoms with van der Waals surface area (Å²) in [7, 11) is 0. The molecule has 3 aliphatic rings. The first-order valence-electron chi connectivity index (χ1n) is 8.89. The lowest BCUT2D eigenvalue weighted by atomic mass is 9.90. The molecule has 0 bridgehead atoms. The largest absolute Gasteiger partial charge is 0.308 e. The fourth-order valence-corrected chi connectivity index (χ4v) is 4.38. The van der Waals surface area contributed by atoms with Gasteiger partial charge in [-0.1, -0.05) is 56.0 Å². The van der Waals surface area contributed by atoms with Crippen LogP contribution in [0.25, 0.3) is 0 Å². The number of nitrogens with one attached hydrogen (secondary N) is 1. The van der Waals surface area contributed by atoms with E-state index in [9.17, 15) is 0 Å². The first-order valence-corrected chi connectivity index (χ1v) is 8.89. The molecule has 1 spiro atoms. The smallest absolute Gasteiger partial charge is 0.0473 e. The van der Waals surface area contributed by atoms with Crippen LogP contribution in [0.3, 0.4) is 0 Å². The molecule has 114 valence electrons. The molecular weight excluding hydrogens is 256 g/mol. The summed E-state index contributed by atoms with van der Waals surface area (Å²) < 4.78 is 0. The monoisotopic (exact) mass is 284 g/mol. The standard InChI is InChI=1S/C19H28N2/c1-2-6-17(7-3-1)18-14-20-19(11-4-5-12-19)15-21(18)13-10-16-8-9-16/h1-3,6-7,16,18,20H,4-5,8-15H2. The summed E-state index contributed by atoms with van der Waals surface area (Å²) in [6.07, 6.45) is 9.97. The second-order valence-corrected chi connectivity index (χ2v) is 7.50. The van der Waals surface area contributed by atoms with Crippen molar-refractivity contribution in [1.29, 1.82) is 0 Å². The van der Waals surface area contributed by atoms with Gasteiger partial charge in [0, 0.05) is 24.7 Å². The molecule has 1 saturated heterocycles. The van der Waals surface area contributed by atoms with Gasteiger partial charge >= 0.3 is 0 Å². The van der Waals surface area contributed by atoms with E-state index in [2.05, 4.69) is 40.5 Å². The van der Waals surface area contributed by atoms with Crippen LogP contribution in [0.2, 0.25) is 0 Å². The predicted molar refractivity (Wildman–Crippen MR) is 87.3 cm³/mol. The lowest BCUT2D eigenvalue weighted by Gasteiger charge is -2.46. The van der Waals surface area contributed by atoms with Gasteiger partial charge < -0.3 is 5.32 Å². The Morgan fingerprint density at radius 2 is 1.86 bits per heavy atom. The van der Waals surface area contributed by atoms with E-state index < -0.39 is 0 Å². The Morgan fingerprint density at radius 3 is 2.57 bits per heavy atom. The molecule has 3 fully saturated rings. The number of nitrogens with zero attached hydrogens (tertiary/aromatic N) is 1. The van der Waals surface area contributed by atoms with Gasteiger partial charge in [0.25, 0.3) is 0 Å². The maximum absolute atomic E-state index is 3.93. The zero-order valence-electron chi connectivity index (χ0n) is 13.1. The third kappa shape index (κ3) is 3.02. The van der Waals surface area contributed by atoms with Crippen LogP contribution in [-0.2, 0) is 0 Å². The maximum Gasteiger partial charge on any atom is 0.0473 e. The number of piperazine rings is 1. The zero-order valence-corrected chi connectivity index (χ0v) is 13.1. The van der Waals surface area contributed by atoms with Crippen LogP contribution in [-0.4, -0.2) is 30.1 Å². The minimum Gasteiger partial charge on any atom is -0.308 e. The highest BCUT2D eigenvalue weighted by Gasteiger charge is 2.41. The van der Waals surface area contributed by atoms with Crippen LogP contribution in [0.4, 0.5) is 0 Å². The molecule has 0 amide bonds. The van der Waals surface area contributed by atoms with Gasteiger partial charge in [-0.3, -0.25) is 4.90 Å². The molecule has 21 heavy (non-hydrogen) atoms. The van der Waals surface area contributed by atoms with E-state index >= 15 is 0 Å². The second kappa shape index (κ2) is 5.73. The van der Waals surface area contributed by atoms with Crippen molar-refractivity contribution < 1.29 is 0 Å². The van der Waals surface area contributed by atoms with E-state index in [-0.39, 0.29) is 0 Å². The molecule has 1 aromatic carbocycles. The highest BCUT2D eigenvalue weighted by molar-refractivity contribution is 5.21. The molecule has 0 aromatic heterocycles. The van der Waals surface area contributed by atoms with Crippen LogP contribution in [0.5, 0.6) is 0 Å². The Kier molecular flexibility index (Phi) is 3.76. The van der Waals surface area contributed by atoms with Gasteiger partial charge in [-0.25, -0.2) is 0 Å². The number of benzene rings is 1. The third-order valence-corrected chi connectivity index (χ3v) is 5.88. The molecule has 0 radical (unpaired) electrons. The van der Waals surface area contributed by atoms with Crippen LogP contribution in [0.1, 0.15) is 56.6 Å². The Bertz CT molecular complexity index is 460. The van der Waals surface area contributed by atoms with Crippen molar-refractivity contribution in [3.63, 3.8) is 0 Å². The fraction of sp³-hybridized carbons (Fsp3) is 0.684. The molecule has 2 nitrogen and oxygen atoms in total. The predicted octanol–water partition coefficient (Wildman–Crippen LogP) is 3.75. The number of hydrogen-bond donors (Lipinski definition) is 1. The summed E-state index contributed by atoms with van der Waals surface area (Å²) in [5.74, 6) is 1.04. The number of hydrogen-bond acceptors (Lipinski definition) is 2. The molecule has 2 saturated carbocycles. The van der Waals surface area contributed by atoms with E-state index in [1.54, 1.807) is 0 Å². The number of rotatable bonds is 4. The van der Waals surface area contributed by atoms with Crippen molar-refractivity contribution in [3.05, 3.63) is 35.9 Å². The SMILES string of the molecule is c1ccc(C2CNC3(CCCC3)CN2CCC2CC2)cc1. The van der Waals surface area contributed by atoms with E-state index in [4.69, 9.17) is 0 Å². The van der Waals surface area contributed by atoms with Crippen LogP contribution >= 0.6 is 0 Å². The van der Waals surface area contributed by atoms with E-state index in [0.29, 0.717) is 11.6 Å². The lowest BCUT2D eigenvalue weighted by Crippen LogP contribution is -2.60. The molecule has 1 aliphatic heterocycles. The van der Waals surface area contributed by atoms with Crippen LogP contribution in [0, 0.1) is 5.92 Å². The summed E-state index contributed by atoms with van der Waals surface area (Å²) in [5, 5.41) is 3.93. The summed E-state index contributed by atoms with van der Waals surface area (Å²) in [6, 6.07) is 11.7. The maximum atomic E-state index is 3.93. The highest BCUT2D eigenvalue weighted by atomic mass is 15.3. The minimum absolute atomic E-state index is 0.439. The molecule has 2 aliphatic carbocycles. The van der Waals surface area contributed by atoms with Gasteiger partial charge in [-0.2, -0.15) is 0 Å². The summed E-state index contributed by atoms with van der Waals surface area (Å²) >= 11 is 0. The Morgan fingerprint density at radius 1 is 1.10 bits per heavy atom. The Labute approximate surface area is 128 Å². The van der Waals surface area contributed by atoms with Gasteiger partial charge in [-0.05, 0) is 37.3 Å². The summed E-state index contributed by atoms with van der Waals surface area (Å²) in [4.78, 5) is 2.80. The third-order valence-electron chi connectivity index (χ3n) is 5.88. The quantitative estimate of drug-likeness (QED) is 0.906. The topological polar surface area (TPSA) is 15.3 Å². The van der Waals surface area contributed by atoms with Crippen LogP contribution in [0.15, 0.2) is 30.3 Å². The van der Waals surface area contributed by atoms with Crippen molar-refractivity contribution in [2.24, 2.45) is 5.92 Å². The molecule has 1 N–H and O–H groups in total. The van der Waals surface area contributed by atoms with Gasteiger partial charge in [-0.15, -0.1) is 0 Å². The van der Waals surface area contributed by atoms with Gasteiger partial charge in [0.1, 0.15) is 0 Å². The molecule has 1 atom stereocenters. The summed E-state index contributed by atoms with van der Waals surface area (Å²) in [6.45, 7) is 3.70. The van der Waals surface area contributed by atoms with Crippen molar-refractivity contribution in [2.75, 3.05) is 19.6 Å². The fourth-order valence-electron chi connectivity index (χ4n) is 4.38. The van der Waals surface area contributed by atoms with E-state index in [1.807, 2.05) is 0 Å². The average Bonchev–Trinajstić information content (AvgIpc) is 3.26. The molecule has 1 heterocycles. The first-order chi connectivity index (χ1) is 10.3. The average molecular weight is 284 g/mol. The minimum atomic E-state index is 0.439. The lowest BCUT2D eigenvalue weighted by molar-refractivity contribution is 0.0777. The Balaban J connectivity index is 1.50. The van der Waals surface area contributed by atoms with Gasteiger partial charge in [0.15, 0.2) is 0 Å². The van der Waals surface area contributed by atoms with Crippen molar-refractivity contribution in [1.82, 2.24) is 10.2 Å². The molecule has 4 rings (SSSR count). The highest BCUT2D eigenvalue weighted by Crippen LogP contribution is 2.38. The summed E-state index contributed by atoms with van der Waals surface area (Å²) in [5.41, 5.74) is 1.93. The molecule has 1 unspecified atom stereocenters. The van der Waals surface area contributed by atoms with Gasteiger partial charge in [0.05, 0.1) is 0 Å². The normalized spacial score (nSPS) is 29.0. The van der Waals surface area contributed by atoms with E-state index in [0.717, 1.165) is 12.5 Å². The van der Waals surface area contributed by atoms with Crippen molar-refractivity contribution in [3.8, 4) is 0 Å². The first kappa shape index (κ1) is 13.8. The van der Waals surface area contributed by atoms with Gasteiger partial charge in [0.2, 0.25) is 0 Å². The van der Waals surface area contributed by atoms with Crippen molar-refractivity contribution >= 4 is 0 Å². The van der Waals surface area contributed by atoms with Crippen LogP contribution < -0.4 is 5.32 Å². The molecule has 1 aromatic rings. The molecular formula is C19H28N2. The Hall–Kier alpha value is -0.860. The van der Waals surface area contributed by atoms with Crippen molar-refractivity contribution in [2.45, 2.75) is 56.5 Å². The second-order valence-electron chi connectivity index (χ2n) is 7.50. The molecule has 2 heteroatoms. The zero-order chi connectivity index (χ0) is 14.1. The van der Waals surface area contributed by atoms with E-state index in [1.165, 1.54) is 63.6 Å².